The number of esters is 1. The van der Waals surface area contributed by atoms with Crippen LogP contribution in [0, 0.1) is 12.7 Å². The molecular formula is C15H14FNO3. The molecule has 0 radical (unpaired) electrons. The van der Waals surface area contributed by atoms with Crippen molar-refractivity contribution in [1.29, 1.82) is 0 Å². The summed E-state index contributed by atoms with van der Waals surface area (Å²) < 4.78 is 19.1. The quantitative estimate of drug-likeness (QED) is 0.808. The van der Waals surface area contributed by atoms with E-state index < -0.39 is 11.5 Å². The highest BCUT2D eigenvalue weighted by atomic mass is 19.1. The van der Waals surface area contributed by atoms with E-state index in [0.717, 1.165) is 0 Å². The summed E-state index contributed by atoms with van der Waals surface area (Å²) in [5.74, 6) is -1.05. The number of benzene rings is 1. The number of nitrogens with zero attached hydrogens (tertiary/aromatic N) is 1. The smallest absolute Gasteiger partial charge is 0.343 e. The van der Waals surface area contributed by atoms with Gasteiger partial charge in [0.25, 0.3) is 5.56 Å². The summed E-state index contributed by atoms with van der Waals surface area (Å²) in [6, 6.07) is 8.58. The molecule has 0 unspecified atom stereocenters. The first kappa shape index (κ1) is 14.0. The van der Waals surface area contributed by atoms with Crippen molar-refractivity contribution in [3.8, 4) is 5.69 Å². The lowest BCUT2D eigenvalue weighted by Gasteiger charge is -2.11. The normalized spacial score (nSPS) is 10.3. The summed E-state index contributed by atoms with van der Waals surface area (Å²) in [5, 5.41) is 0. The maximum Gasteiger partial charge on any atom is 0.343 e. The van der Waals surface area contributed by atoms with Crippen LogP contribution in [0.2, 0.25) is 0 Å². The third-order valence-electron chi connectivity index (χ3n) is 2.86. The molecule has 2 rings (SSSR count). The molecule has 0 saturated carbocycles. The van der Waals surface area contributed by atoms with E-state index in [1.165, 1.54) is 34.9 Å². The summed E-state index contributed by atoms with van der Waals surface area (Å²) in [4.78, 5) is 24.1. The predicted octanol–water partition coefficient (Wildman–Crippen LogP) is 2.46. The Kier molecular flexibility index (Phi) is 3.98. The zero-order valence-electron chi connectivity index (χ0n) is 11.2. The Hall–Kier alpha value is -2.43. The van der Waals surface area contributed by atoms with Gasteiger partial charge in [0.1, 0.15) is 11.4 Å². The maximum absolute atomic E-state index is 12.9. The van der Waals surface area contributed by atoms with Gasteiger partial charge in [0.05, 0.1) is 6.61 Å². The Balaban J connectivity index is 2.58. The molecule has 0 aliphatic rings. The molecule has 0 amide bonds. The number of hydrogen-bond donors (Lipinski definition) is 0. The molecule has 5 heteroatoms. The number of aromatic nitrogens is 1. The van der Waals surface area contributed by atoms with Crippen molar-refractivity contribution < 1.29 is 13.9 Å². The first-order chi connectivity index (χ1) is 9.54. The van der Waals surface area contributed by atoms with Crippen LogP contribution >= 0.6 is 0 Å². The monoisotopic (exact) mass is 275 g/mol. The average Bonchev–Trinajstić information content (AvgIpc) is 2.41. The molecule has 1 heterocycles. The lowest BCUT2D eigenvalue weighted by molar-refractivity contribution is 0.0524. The van der Waals surface area contributed by atoms with E-state index >= 15 is 0 Å². The van der Waals surface area contributed by atoms with Gasteiger partial charge in [-0.1, -0.05) is 0 Å². The fraction of sp³-hybridized carbons (Fsp3) is 0.200. The van der Waals surface area contributed by atoms with E-state index in [1.54, 1.807) is 19.9 Å². The molecule has 1 aromatic heterocycles. The lowest BCUT2D eigenvalue weighted by Crippen LogP contribution is -2.27. The van der Waals surface area contributed by atoms with Crippen LogP contribution in [-0.2, 0) is 4.74 Å². The van der Waals surface area contributed by atoms with Gasteiger partial charge in [0, 0.05) is 11.4 Å². The van der Waals surface area contributed by atoms with Crippen molar-refractivity contribution in [2.45, 2.75) is 13.8 Å². The summed E-state index contributed by atoms with van der Waals surface area (Å²) in [6.45, 7) is 3.60. The molecule has 0 bridgehead atoms. The second kappa shape index (κ2) is 5.69. The third-order valence-corrected chi connectivity index (χ3v) is 2.86. The largest absolute Gasteiger partial charge is 0.462 e. The minimum absolute atomic E-state index is 0.0400. The van der Waals surface area contributed by atoms with Crippen molar-refractivity contribution in [2.24, 2.45) is 0 Å². The molecule has 104 valence electrons. The predicted molar refractivity (Wildman–Crippen MR) is 72.7 cm³/mol. The van der Waals surface area contributed by atoms with Crippen LogP contribution in [-0.4, -0.2) is 17.1 Å². The second-order valence-corrected chi connectivity index (χ2v) is 4.23. The third kappa shape index (κ3) is 2.61. The van der Waals surface area contributed by atoms with Crippen molar-refractivity contribution in [2.75, 3.05) is 6.61 Å². The van der Waals surface area contributed by atoms with Crippen LogP contribution in [0.4, 0.5) is 4.39 Å². The topological polar surface area (TPSA) is 48.3 Å². The number of aryl methyl sites for hydroxylation is 1. The summed E-state index contributed by atoms with van der Waals surface area (Å²) in [7, 11) is 0. The second-order valence-electron chi connectivity index (χ2n) is 4.23. The van der Waals surface area contributed by atoms with E-state index in [9.17, 15) is 14.0 Å². The van der Waals surface area contributed by atoms with Crippen LogP contribution in [0.25, 0.3) is 5.69 Å². The number of pyridine rings is 1. The van der Waals surface area contributed by atoms with E-state index in [0.29, 0.717) is 11.4 Å². The van der Waals surface area contributed by atoms with Crippen molar-refractivity contribution in [1.82, 2.24) is 4.57 Å². The van der Waals surface area contributed by atoms with Gasteiger partial charge in [0.2, 0.25) is 0 Å². The Morgan fingerprint density at radius 2 is 1.85 bits per heavy atom. The Morgan fingerprint density at radius 3 is 2.45 bits per heavy atom. The molecule has 0 saturated heterocycles. The van der Waals surface area contributed by atoms with Crippen LogP contribution in [0.1, 0.15) is 23.0 Å². The summed E-state index contributed by atoms with van der Waals surface area (Å²) in [5.41, 5.74) is 0.631. The Labute approximate surface area is 115 Å². The number of rotatable bonds is 3. The van der Waals surface area contributed by atoms with Gasteiger partial charge < -0.3 is 4.74 Å². The molecule has 0 N–H and O–H groups in total. The van der Waals surface area contributed by atoms with Gasteiger partial charge >= 0.3 is 5.97 Å². The first-order valence-corrected chi connectivity index (χ1v) is 6.20. The highest BCUT2D eigenvalue weighted by Crippen LogP contribution is 2.10. The fourth-order valence-electron chi connectivity index (χ4n) is 1.91. The number of halogens is 1. The van der Waals surface area contributed by atoms with Gasteiger partial charge in [-0.25, -0.2) is 9.18 Å². The SMILES string of the molecule is CCOC(=O)c1ccc(C)n(-c2ccc(F)cc2)c1=O. The molecule has 2 aromatic rings. The number of carbonyl (C=O) groups excluding carboxylic acids is 1. The van der Waals surface area contributed by atoms with Crippen LogP contribution in [0.3, 0.4) is 0 Å². The number of carbonyl (C=O) groups is 1. The van der Waals surface area contributed by atoms with Gasteiger partial charge in [-0.05, 0) is 50.2 Å². The molecule has 0 aliphatic heterocycles. The molecule has 1 aromatic carbocycles. The standard InChI is InChI=1S/C15H14FNO3/c1-3-20-15(19)13-9-4-10(2)17(14(13)18)12-7-5-11(16)6-8-12/h4-9H,3H2,1-2H3. The van der Waals surface area contributed by atoms with Crippen molar-refractivity contribution >= 4 is 5.97 Å². The maximum atomic E-state index is 12.9. The van der Waals surface area contributed by atoms with E-state index in [2.05, 4.69) is 0 Å². The molecule has 0 aliphatic carbocycles. The lowest BCUT2D eigenvalue weighted by atomic mass is 10.2. The number of ether oxygens (including phenoxy) is 1. The van der Waals surface area contributed by atoms with E-state index in [4.69, 9.17) is 4.74 Å². The minimum atomic E-state index is -0.659. The number of hydrogen-bond acceptors (Lipinski definition) is 3. The summed E-state index contributed by atoms with van der Waals surface area (Å²) >= 11 is 0. The summed E-state index contributed by atoms with van der Waals surface area (Å²) in [6.07, 6.45) is 0. The van der Waals surface area contributed by atoms with Crippen LogP contribution in [0.5, 0.6) is 0 Å². The molecule has 20 heavy (non-hydrogen) atoms. The molecule has 4 nitrogen and oxygen atoms in total. The zero-order chi connectivity index (χ0) is 14.7. The van der Waals surface area contributed by atoms with Crippen molar-refractivity contribution in [3.63, 3.8) is 0 Å². The first-order valence-electron chi connectivity index (χ1n) is 6.20. The van der Waals surface area contributed by atoms with Crippen LogP contribution < -0.4 is 5.56 Å². The Morgan fingerprint density at radius 1 is 1.20 bits per heavy atom. The van der Waals surface area contributed by atoms with Gasteiger partial charge in [-0.2, -0.15) is 0 Å². The highest BCUT2D eigenvalue weighted by molar-refractivity contribution is 5.89. The molecule has 0 atom stereocenters. The van der Waals surface area contributed by atoms with E-state index in [1.807, 2.05) is 0 Å². The van der Waals surface area contributed by atoms with Gasteiger partial charge in [0.15, 0.2) is 0 Å². The molecule has 0 fully saturated rings. The zero-order valence-corrected chi connectivity index (χ0v) is 11.2. The van der Waals surface area contributed by atoms with Crippen molar-refractivity contribution in [3.05, 3.63) is 63.8 Å². The van der Waals surface area contributed by atoms with Gasteiger partial charge in [-0.3, -0.25) is 9.36 Å². The van der Waals surface area contributed by atoms with Crippen LogP contribution in [0.15, 0.2) is 41.2 Å². The Bertz CT molecular complexity index is 689. The highest BCUT2D eigenvalue weighted by Gasteiger charge is 2.15. The fourth-order valence-corrected chi connectivity index (χ4v) is 1.91. The van der Waals surface area contributed by atoms with E-state index in [-0.39, 0.29) is 18.0 Å². The molecular weight excluding hydrogens is 261 g/mol. The minimum Gasteiger partial charge on any atom is -0.462 e. The van der Waals surface area contributed by atoms with Gasteiger partial charge in [-0.15, -0.1) is 0 Å². The molecule has 0 spiro atoms. The average molecular weight is 275 g/mol.